The summed E-state index contributed by atoms with van der Waals surface area (Å²) in [5.74, 6) is -0.175. The molecular formula is C26H28FNO4. The predicted molar refractivity (Wildman–Crippen MR) is 119 cm³/mol. The van der Waals surface area contributed by atoms with Crippen LogP contribution in [0, 0.1) is 11.7 Å². The molecule has 3 heterocycles. The van der Waals surface area contributed by atoms with Crippen LogP contribution in [0.25, 0.3) is 11.0 Å². The van der Waals surface area contributed by atoms with Gasteiger partial charge in [-0.1, -0.05) is 30.3 Å². The van der Waals surface area contributed by atoms with Crippen LogP contribution in [0.3, 0.4) is 0 Å². The zero-order valence-electron chi connectivity index (χ0n) is 18.1. The monoisotopic (exact) mass is 437 g/mol. The van der Waals surface area contributed by atoms with Gasteiger partial charge in [-0.15, -0.1) is 0 Å². The van der Waals surface area contributed by atoms with Crippen LogP contribution in [0.15, 0.2) is 59.2 Å². The highest BCUT2D eigenvalue weighted by Gasteiger charge is 2.46. The molecule has 0 aliphatic carbocycles. The van der Waals surface area contributed by atoms with Crippen molar-refractivity contribution in [1.29, 1.82) is 0 Å². The van der Waals surface area contributed by atoms with Gasteiger partial charge in [0.25, 0.3) is 0 Å². The van der Waals surface area contributed by atoms with Crippen molar-refractivity contribution in [3.63, 3.8) is 0 Å². The van der Waals surface area contributed by atoms with Gasteiger partial charge >= 0.3 is 0 Å². The zero-order chi connectivity index (χ0) is 22.0. The van der Waals surface area contributed by atoms with Gasteiger partial charge in [-0.3, -0.25) is 4.79 Å². The van der Waals surface area contributed by atoms with Crippen molar-refractivity contribution in [3.8, 4) is 0 Å². The standard InChI is InChI=1S/C26H28FNO4/c27-23-4-2-1-3-22(23)26(8-12-30-13-9-26)25(29)28-10-14-31-18-20(17-28)15-19-5-6-21-7-11-32-24(21)16-19/h1-7,11,16,20H,8-10,12-15,17-18H2/t20-/m1/s1. The first-order valence-corrected chi connectivity index (χ1v) is 11.3. The van der Waals surface area contributed by atoms with Crippen LogP contribution in [-0.4, -0.2) is 50.3 Å². The number of rotatable bonds is 4. The number of halogens is 1. The fourth-order valence-electron chi connectivity index (χ4n) is 5.12. The first-order chi connectivity index (χ1) is 15.7. The molecule has 0 bridgehead atoms. The van der Waals surface area contributed by atoms with E-state index in [0.717, 1.165) is 23.0 Å². The summed E-state index contributed by atoms with van der Waals surface area (Å²) in [7, 11) is 0. The number of hydrogen-bond donors (Lipinski definition) is 0. The zero-order valence-corrected chi connectivity index (χ0v) is 18.1. The minimum Gasteiger partial charge on any atom is -0.464 e. The van der Waals surface area contributed by atoms with Gasteiger partial charge in [0.1, 0.15) is 11.4 Å². The van der Waals surface area contributed by atoms with E-state index in [9.17, 15) is 9.18 Å². The maximum absolute atomic E-state index is 14.8. The highest BCUT2D eigenvalue weighted by atomic mass is 19.1. The molecule has 1 aromatic heterocycles. The van der Waals surface area contributed by atoms with Gasteiger partial charge in [0, 0.05) is 43.2 Å². The number of carbonyl (C=O) groups excluding carboxylic acids is 1. The van der Waals surface area contributed by atoms with E-state index in [1.165, 1.54) is 6.07 Å². The first kappa shape index (κ1) is 21.2. The van der Waals surface area contributed by atoms with Crippen LogP contribution >= 0.6 is 0 Å². The molecule has 3 aromatic rings. The molecule has 2 aromatic carbocycles. The van der Waals surface area contributed by atoms with Crippen LogP contribution in [0.2, 0.25) is 0 Å². The summed E-state index contributed by atoms with van der Waals surface area (Å²) in [5, 5.41) is 1.08. The van der Waals surface area contributed by atoms with Crippen LogP contribution < -0.4 is 0 Å². The fraction of sp³-hybridized carbons (Fsp3) is 0.423. The van der Waals surface area contributed by atoms with Gasteiger partial charge in [0.15, 0.2) is 0 Å². The van der Waals surface area contributed by atoms with Crippen molar-refractivity contribution < 1.29 is 23.1 Å². The first-order valence-electron chi connectivity index (χ1n) is 11.3. The predicted octanol–water partition coefficient (Wildman–Crippen LogP) is 4.34. The number of hydrogen-bond acceptors (Lipinski definition) is 4. The summed E-state index contributed by atoms with van der Waals surface area (Å²) in [5.41, 5.74) is 1.63. The molecule has 1 atom stereocenters. The molecule has 32 heavy (non-hydrogen) atoms. The Kier molecular flexibility index (Phi) is 5.98. The summed E-state index contributed by atoms with van der Waals surface area (Å²) in [6.45, 7) is 3.10. The second-order valence-corrected chi connectivity index (χ2v) is 8.86. The van der Waals surface area contributed by atoms with Crippen LogP contribution in [0.4, 0.5) is 4.39 Å². The Bertz CT molecular complexity index is 1090. The summed E-state index contributed by atoms with van der Waals surface area (Å²) < 4.78 is 31.8. The van der Waals surface area contributed by atoms with E-state index in [2.05, 4.69) is 18.2 Å². The second-order valence-electron chi connectivity index (χ2n) is 8.86. The molecular weight excluding hydrogens is 409 g/mol. The van der Waals surface area contributed by atoms with E-state index in [1.54, 1.807) is 18.4 Å². The Morgan fingerprint density at radius 2 is 1.91 bits per heavy atom. The molecule has 168 valence electrons. The highest BCUT2D eigenvalue weighted by Crippen LogP contribution is 2.38. The number of benzene rings is 2. The van der Waals surface area contributed by atoms with Crippen molar-refractivity contribution in [3.05, 3.63) is 71.7 Å². The number of furan rings is 1. The maximum Gasteiger partial charge on any atom is 0.233 e. The molecule has 0 unspecified atom stereocenters. The Labute approximate surface area is 187 Å². The van der Waals surface area contributed by atoms with Crippen molar-refractivity contribution in [2.24, 2.45) is 5.92 Å². The van der Waals surface area contributed by atoms with E-state index in [4.69, 9.17) is 13.9 Å². The average molecular weight is 438 g/mol. The van der Waals surface area contributed by atoms with Crippen molar-refractivity contribution >= 4 is 16.9 Å². The number of carbonyl (C=O) groups is 1. The number of ether oxygens (including phenoxy) is 2. The Morgan fingerprint density at radius 1 is 1.06 bits per heavy atom. The van der Waals surface area contributed by atoms with Crippen LogP contribution in [-0.2, 0) is 26.1 Å². The molecule has 0 spiro atoms. The summed E-state index contributed by atoms with van der Waals surface area (Å²) >= 11 is 0. The van der Waals surface area contributed by atoms with Gasteiger partial charge in [0.2, 0.25) is 5.91 Å². The molecule has 2 saturated heterocycles. The molecule has 0 saturated carbocycles. The van der Waals surface area contributed by atoms with E-state index < -0.39 is 5.41 Å². The Morgan fingerprint density at radius 3 is 2.75 bits per heavy atom. The van der Waals surface area contributed by atoms with Crippen LogP contribution in [0.5, 0.6) is 0 Å². The molecule has 6 heteroatoms. The normalized spacial score (nSPS) is 21.4. The van der Waals surface area contributed by atoms with E-state index in [-0.39, 0.29) is 17.6 Å². The molecule has 2 fully saturated rings. The summed E-state index contributed by atoms with van der Waals surface area (Å²) in [6.07, 6.45) is 3.46. The lowest BCUT2D eigenvalue weighted by Crippen LogP contribution is -2.51. The molecule has 0 radical (unpaired) electrons. The maximum atomic E-state index is 14.8. The van der Waals surface area contributed by atoms with E-state index >= 15 is 0 Å². The molecule has 1 amide bonds. The number of amides is 1. The summed E-state index contributed by atoms with van der Waals surface area (Å²) in [4.78, 5) is 15.8. The van der Waals surface area contributed by atoms with Gasteiger partial charge < -0.3 is 18.8 Å². The summed E-state index contributed by atoms with van der Waals surface area (Å²) in [6, 6.07) is 14.8. The lowest BCUT2D eigenvalue weighted by molar-refractivity contribution is -0.142. The molecule has 2 aliphatic rings. The van der Waals surface area contributed by atoms with Crippen molar-refractivity contribution in [1.82, 2.24) is 4.90 Å². The lowest BCUT2D eigenvalue weighted by atomic mass is 9.72. The third-order valence-corrected chi connectivity index (χ3v) is 6.82. The third-order valence-electron chi connectivity index (χ3n) is 6.82. The fourth-order valence-corrected chi connectivity index (χ4v) is 5.12. The minimum absolute atomic E-state index is 0.0112. The van der Waals surface area contributed by atoms with E-state index in [1.807, 2.05) is 17.0 Å². The van der Waals surface area contributed by atoms with E-state index in [0.29, 0.717) is 57.9 Å². The second kappa shape index (κ2) is 9.04. The lowest BCUT2D eigenvalue weighted by Gasteiger charge is -2.40. The van der Waals surface area contributed by atoms with Gasteiger partial charge in [0.05, 0.1) is 24.9 Å². The van der Waals surface area contributed by atoms with Gasteiger partial charge in [-0.25, -0.2) is 4.39 Å². The average Bonchev–Trinajstić information content (AvgIpc) is 3.16. The number of nitrogens with zero attached hydrogens (tertiary/aromatic N) is 1. The van der Waals surface area contributed by atoms with Gasteiger partial charge in [-0.05, 0) is 43.0 Å². The third kappa shape index (κ3) is 4.05. The number of fused-ring (bicyclic) bond motifs is 1. The van der Waals surface area contributed by atoms with Crippen molar-refractivity contribution in [2.75, 3.05) is 39.5 Å². The van der Waals surface area contributed by atoms with Gasteiger partial charge in [-0.2, -0.15) is 0 Å². The molecule has 0 N–H and O–H groups in total. The molecule has 2 aliphatic heterocycles. The topological polar surface area (TPSA) is 51.9 Å². The SMILES string of the molecule is O=C(N1CCOC[C@H](Cc2ccc3ccoc3c2)C1)C1(c2ccccc2F)CCOCC1. The Balaban J connectivity index is 1.39. The quantitative estimate of drug-likeness (QED) is 0.609. The largest absolute Gasteiger partial charge is 0.464 e. The molecule has 5 nitrogen and oxygen atoms in total. The highest BCUT2D eigenvalue weighted by molar-refractivity contribution is 5.88. The minimum atomic E-state index is -0.883. The van der Waals surface area contributed by atoms with Crippen LogP contribution in [0.1, 0.15) is 24.0 Å². The van der Waals surface area contributed by atoms with Crippen molar-refractivity contribution in [2.45, 2.75) is 24.7 Å². The molecule has 5 rings (SSSR count). The smallest absolute Gasteiger partial charge is 0.233 e. The Hall–Kier alpha value is -2.70.